The minimum Gasteiger partial charge on any atom is -0.484 e. The highest BCUT2D eigenvalue weighted by Crippen LogP contribution is 2.21. The smallest absolute Gasteiger partial charge is 0.260 e. The Morgan fingerprint density at radius 3 is 2.57 bits per heavy atom. The van der Waals surface area contributed by atoms with Gasteiger partial charge in [-0.3, -0.25) is 4.79 Å². The molecule has 0 aliphatic carbocycles. The van der Waals surface area contributed by atoms with Crippen LogP contribution in [0.4, 0.5) is 0 Å². The van der Waals surface area contributed by atoms with Crippen LogP contribution in [-0.4, -0.2) is 55.5 Å². The summed E-state index contributed by atoms with van der Waals surface area (Å²) in [5, 5.41) is 0. The van der Waals surface area contributed by atoms with Crippen molar-refractivity contribution < 1.29 is 9.53 Å². The van der Waals surface area contributed by atoms with Crippen LogP contribution in [-0.2, 0) is 4.79 Å². The van der Waals surface area contributed by atoms with Gasteiger partial charge in [-0.2, -0.15) is 0 Å². The van der Waals surface area contributed by atoms with Crippen molar-refractivity contribution in [1.29, 1.82) is 0 Å². The van der Waals surface area contributed by atoms with Crippen LogP contribution in [0, 0.1) is 6.92 Å². The van der Waals surface area contributed by atoms with Gasteiger partial charge in [-0.15, -0.1) is 0 Å². The molecule has 2 rings (SSSR count). The molecule has 1 aliphatic rings. The van der Waals surface area contributed by atoms with Crippen LogP contribution in [0.2, 0.25) is 0 Å². The molecule has 0 radical (unpaired) electrons. The fraction of sp³-hybridized carbons (Fsp3) is 0.562. The Kier molecular flexibility index (Phi) is 5.20. The van der Waals surface area contributed by atoms with Crippen LogP contribution in [0.1, 0.15) is 24.1 Å². The second-order valence-corrected chi connectivity index (χ2v) is 5.79. The van der Waals surface area contributed by atoms with Crippen molar-refractivity contribution in [3.63, 3.8) is 0 Å². The molecule has 1 amide bonds. The minimum atomic E-state index is 0.00437. The zero-order chi connectivity index (χ0) is 15.4. The lowest BCUT2D eigenvalue weighted by atomic mass is 10.1. The second-order valence-electron chi connectivity index (χ2n) is 5.79. The molecule has 21 heavy (non-hydrogen) atoms. The number of rotatable bonds is 4. The quantitative estimate of drug-likeness (QED) is 0.904. The number of hydrogen-bond donors (Lipinski definition) is 1. The molecule has 1 aliphatic heterocycles. The highest BCUT2D eigenvalue weighted by Gasteiger charge is 2.19. The van der Waals surface area contributed by atoms with Gasteiger partial charge in [0, 0.05) is 32.2 Å². The van der Waals surface area contributed by atoms with Crippen molar-refractivity contribution in [2.45, 2.75) is 19.9 Å². The van der Waals surface area contributed by atoms with Crippen molar-refractivity contribution in [1.82, 2.24) is 9.80 Å². The Bertz CT molecular complexity index is 494. The topological polar surface area (TPSA) is 58.8 Å². The van der Waals surface area contributed by atoms with Gasteiger partial charge < -0.3 is 20.3 Å². The van der Waals surface area contributed by atoms with Crippen LogP contribution < -0.4 is 10.5 Å². The van der Waals surface area contributed by atoms with E-state index in [9.17, 15) is 4.79 Å². The van der Waals surface area contributed by atoms with E-state index in [-0.39, 0.29) is 18.6 Å². The maximum absolute atomic E-state index is 12.1. The molecule has 1 fully saturated rings. The SMILES string of the molecule is Cc1cc([C@H](C)N)ccc1OCC(=O)N1CCN(C)CC1. The first-order chi connectivity index (χ1) is 9.97. The van der Waals surface area contributed by atoms with E-state index in [2.05, 4.69) is 11.9 Å². The molecule has 0 bridgehead atoms. The predicted molar refractivity (Wildman–Crippen MR) is 83.4 cm³/mol. The number of ether oxygens (including phenoxy) is 1. The van der Waals surface area contributed by atoms with E-state index in [1.807, 2.05) is 36.9 Å². The Balaban J connectivity index is 1.89. The first-order valence-corrected chi connectivity index (χ1v) is 7.42. The first kappa shape index (κ1) is 15.8. The van der Waals surface area contributed by atoms with Gasteiger partial charge in [-0.05, 0) is 38.1 Å². The minimum absolute atomic E-state index is 0.00437. The fourth-order valence-electron chi connectivity index (χ4n) is 2.40. The summed E-state index contributed by atoms with van der Waals surface area (Å²) in [6, 6.07) is 5.86. The number of benzene rings is 1. The lowest BCUT2D eigenvalue weighted by Gasteiger charge is -2.32. The second kappa shape index (κ2) is 6.91. The summed E-state index contributed by atoms with van der Waals surface area (Å²) in [6.07, 6.45) is 0. The number of nitrogens with two attached hydrogens (primary N) is 1. The highest BCUT2D eigenvalue weighted by atomic mass is 16.5. The number of likely N-dealkylation sites (N-methyl/N-ethyl adjacent to an activating group) is 1. The third-order valence-electron chi connectivity index (χ3n) is 3.93. The van der Waals surface area contributed by atoms with Crippen molar-refractivity contribution in [3.8, 4) is 5.75 Å². The Hall–Kier alpha value is -1.59. The summed E-state index contributed by atoms with van der Waals surface area (Å²) >= 11 is 0. The largest absolute Gasteiger partial charge is 0.484 e. The summed E-state index contributed by atoms with van der Waals surface area (Å²) in [5.74, 6) is 0.806. The normalized spacial score (nSPS) is 17.6. The third-order valence-corrected chi connectivity index (χ3v) is 3.93. The molecule has 5 heteroatoms. The number of piperazine rings is 1. The van der Waals surface area contributed by atoms with E-state index in [0.717, 1.165) is 43.1 Å². The molecule has 0 saturated carbocycles. The van der Waals surface area contributed by atoms with Gasteiger partial charge in [-0.1, -0.05) is 12.1 Å². The highest BCUT2D eigenvalue weighted by molar-refractivity contribution is 5.78. The lowest BCUT2D eigenvalue weighted by molar-refractivity contribution is -0.134. The first-order valence-electron chi connectivity index (χ1n) is 7.42. The average molecular weight is 291 g/mol. The number of aryl methyl sites for hydroxylation is 1. The van der Waals surface area contributed by atoms with Crippen LogP contribution in [0.3, 0.4) is 0 Å². The van der Waals surface area contributed by atoms with E-state index < -0.39 is 0 Å². The number of carbonyl (C=O) groups is 1. The molecular formula is C16H25N3O2. The zero-order valence-electron chi connectivity index (χ0n) is 13.1. The van der Waals surface area contributed by atoms with Crippen LogP contribution >= 0.6 is 0 Å². The van der Waals surface area contributed by atoms with Crippen molar-refractivity contribution in [3.05, 3.63) is 29.3 Å². The van der Waals surface area contributed by atoms with Gasteiger partial charge in [0.2, 0.25) is 0 Å². The molecule has 0 aromatic heterocycles. The molecular weight excluding hydrogens is 266 g/mol. The van der Waals surface area contributed by atoms with Crippen molar-refractivity contribution in [2.24, 2.45) is 5.73 Å². The number of amides is 1. The molecule has 0 unspecified atom stereocenters. The molecule has 5 nitrogen and oxygen atoms in total. The van der Waals surface area contributed by atoms with Gasteiger partial charge in [0.1, 0.15) is 5.75 Å². The van der Waals surface area contributed by atoms with Crippen LogP contribution in [0.15, 0.2) is 18.2 Å². The molecule has 116 valence electrons. The molecule has 1 aromatic carbocycles. The van der Waals surface area contributed by atoms with E-state index >= 15 is 0 Å². The Morgan fingerprint density at radius 2 is 2.00 bits per heavy atom. The number of nitrogens with zero attached hydrogens (tertiary/aromatic N) is 2. The van der Waals surface area contributed by atoms with Crippen LogP contribution in [0.25, 0.3) is 0 Å². The average Bonchev–Trinajstić information content (AvgIpc) is 2.46. The molecule has 1 aromatic rings. The summed E-state index contributed by atoms with van der Waals surface area (Å²) in [5.41, 5.74) is 7.94. The summed E-state index contributed by atoms with van der Waals surface area (Å²) < 4.78 is 5.67. The lowest BCUT2D eigenvalue weighted by Crippen LogP contribution is -2.48. The number of hydrogen-bond acceptors (Lipinski definition) is 4. The maximum atomic E-state index is 12.1. The third kappa shape index (κ3) is 4.19. The molecule has 1 saturated heterocycles. The van der Waals surface area contributed by atoms with E-state index in [1.165, 1.54) is 0 Å². The summed E-state index contributed by atoms with van der Waals surface area (Å²) in [4.78, 5) is 16.2. The molecule has 1 atom stereocenters. The van der Waals surface area contributed by atoms with Gasteiger partial charge in [0.05, 0.1) is 0 Å². The van der Waals surface area contributed by atoms with Crippen molar-refractivity contribution >= 4 is 5.91 Å². The van der Waals surface area contributed by atoms with Gasteiger partial charge in [0.25, 0.3) is 5.91 Å². The van der Waals surface area contributed by atoms with Gasteiger partial charge in [0.15, 0.2) is 6.61 Å². The monoisotopic (exact) mass is 291 g/mol. The standard InChI is InChI=1S/C16H25N3O2/c1-12-10-14(13(2)17)4-5-15(12)21-11-16(20)19-8-6-18(3)7-9-19/h4-5,10,13H,6-9,11,17H2,1-3H3/t13-/m0/s1. The van der Waals surface area contributed by atoms with E-state index in [4.69, 9.17) is 10.5 Å². The molecule has 2 N–H and O–H groups in total. The van der Waals surface area contributed by atoms with E-state index in [0.29, 0.717) is 0 Å². The van der Waals surface area contributed by atoms with E-state index in [1.54, 1.807) is 0 Å². The van der Waals surface area contributed by atoms with Gasteiger partial charge in [-0.25, -0.2) is 0 Å². The summed E-state index contributed by atoms with van der Waals surface area (Å²) in [6.45, 7) is 7.43. The summed E-state index contributed by atoms with van der Waals surface area (Å²) in [7, 11) is 2.07. The number of carbonyl (C=O) groups excluding carboxylic acids is 1. The molecule has 1 heterocycles. The Labute approximate surface area is 126 Å². The molecule has 0 spiro atoms. The zero-order valence-corrected chi connectivity index (χ0v) is 13.1. The maximum Gasteiger partial charge on any atom is 0.260 e. The van der Waals surface area contributed by atoms with Crippen LogP contribution in [0.5, 0.6) is 5.75 Å². The predicted octanol–water partition coefficient (Wildman–Crippen LogP) is 1.17. The van der Waals surface area contributed by atoms with Crippen molar-refractivity contribution in [2.75, 3.05) is 39.8 Å². The fourth-order valence-corrected chi connectivity index (χ4v) is 2.40. The Morgan fingerprint density at radius 1 is 1.33 bits per heavy atom. The van der Waals surface area contributed by atoms with Gasteiger partial charge >= 0.3 is 0 Å².